The summed E-state index contributed by atoms with van der Waals surface area (Å²) in [7, 11) is 0. The zero-order valence-electron chi connectivity index (χ0n) is 7.21. The lowest BCUT2D eigenvalue weighted by atomic mass is 9.69. The number of carbonyl (C=O) groups excluding carboxylic acids is 1. The summed E-state index contributed by atoms with van der Waals surface area (Å²) in [4.78, 5) is 13.6. The van der Waals surface area contributed by atoms with E-state index in [-0.39, 0.29) is 0 Å². The molecule has 2 bridgehead atoms. The van der Waals surface area contributed by atoms with Crippen molar-refractivity contribution in [1.82, 2.24) is 4.90 Å². The second-order valence-electron chi connectivity index (χ2n) is 4.08. The quantitative estimate of drug-likeness (QED) is 0.558. The smallest absolute Gasteiger partial charge is 0.141 e. The van der Waals surface area contributed by atoms with Crippen molar-refractivity contribution < 1.29 is 4.79 Å². The third-order valence-electron chi connectivity index (χ3n) is 3.01. The second kappa shape index (κ2) is 2.31. The number of nitrogens with zero attached hydrogens (tertiary/aromatic N) is 1. The van der Waals surface area contributed by atoms with Crippen LogP contribution in [0.5, 0.6) is 0 Å². The number of rotatable bonds is 1. The molecule has 0 N–H and O–H groups in total. The lowest BCUT2D eigenvalue weighted by molar-refractivity contribution is -0.144. The van der Waals surface area contributed by atoms with Crippen LogP contribution in [-0.4, -0.2) is 29.8 Å². The fraction of sp³-hybridized carbons (Fsp3) is 0.889. The minimum Gasteiger partial charge on any atom is -0.300 e. The van der Waals surface area contributed by atoms with E-state index >= 15 is 0 Å². The van der Waals surface area contributed by atoms with E-state index in [0.717, 1.165) is 13.1 Å². The van der Waals surface area contributed by atoms with Crippen molar-refractivity contribution in [3.05, 3.63) is 0 Å². The van der Waals surface area contributed by atoms with Gasteiger partial charge in [-0.1, -0.05) is 0 Å². The van der Waals surface area contributed by atoms with Crippen molar-refractivity contribution in [2.24, 2.45) is 11.8 Å². The molecular weight excluding hydrogens is 138 g/mol. The SMILES string of the molecule is CC(C)N1C[C@@H]2C[C@@H](C1)C2=O. The normalized spacial score (nSPS) is 37.5. The van der Waals surface area contributed by atoms with Crippen LogP contribution < -0.4 is 0 Å². The van der Waals surface area contributed by atoms with Gasteiger partial charge in [-0.15, -0.1) is 0 Å². The Bertz CT molecular complexity index is 174. The van der Waals surface area contributed by atoms with Crippen molar-refractivity contribution in [1.29, 1.82) is 0 Å². The summed E-state index contributed by atoms with van der Waals surface area (Å²) in [6, 6.07) is 0.619. The number of piperidine rings is 2. The minimum atomic E-state index is 0.399. The highest BCUT2D eigenvalue weighted by Crippen LogP contribution is 2.36. The second-order valence-corrected chi connectivity index (χ2v) is 4.08. The summed E-state index contributed by atoms with van der Waals surface area (Å²) in [5, 5.41) is 0. The fourth-order valence-corrected chi connectivity index (χ4v) is 2.14. The summed E-state index contributed by atoms with van der Waals surface area (Å²) in [5.74, 6) is 1.33. The maximum absolute atomic E-state index is 11.2. The molecule has 2 atom stereocenters. The first-order valence-electron chi connectivity index (χ1n) is 4.46. The number of Topliss-reactive ketones (excluding diaryl/α,β-unsaturated/α-hetero) is 1. The van der Waals surface area contributed by atoms with Crippen molar-refractivity contribution in [3.8, 4) is 0 Å². The van der Waals surface area contributed by atoms with Crippen LogP contribution in [0.2, 0.25) is 0 Å². The standard InChI is InChI=1S/C9H15NO/c1-6(2)10-4-7-3-8(5-10)9(7)11/h6-8H,3-5H2,1-2H3/t7-,8-/m0/s1. The first kappa shape index (κ1) is 7.29. The molecule has 2 heteroatoms. The molecule has 0 amide bonds. The molecule has 2 nitrogen and oxygen atoms in total. The van der Waals surface area contributed by atoms with Crippen LogP contribution in [0.4, 0.5) is 0 Å². The molecule has 2 aliphatic heterocycles. The monoisotopic (exact) mass is 153 g/mol. The van der Waals surface area contributed by atoms with Crippen molar-refractivity contribution in [2.45, 2.75) is 26.3 Å². The number of carbonyl (C=O) groups is 1. The Morgan fingerprint density at radius 3 is 2.27 bits per heavy atom. The van der Waals surface area contributed by atoms with Crippen molar-refractivity contribution >= 4 is 5.78 Å². The molecule has 0 spiro atoms. The van der Waals surface area contributed by atoms with E-state index in [2.05, 4.69) is 18.7 Å². The van der Waals surface area contributed by atoms with Crippen LogP contribution >= 0.6 is 0 Å². The summed E-state index contributed by atoms with van der Waals surface area (Å²) in [6.07, 6.45) is 1.17. The Morgan fingerprint density at radius 1 is 1.36 bits per heavy atom. The van der Waals surface area contributed by atoms with Crippen molar-refractivity contribution in [2.75, 3.05) is 13.1 Å². The highest BCUT2D eigenvalue weighted by atomic mass is 16.1. The molecule has 62 valence electrons. The third-order valence-corrected chi connectivity index (χ3v) is 3.01. The van der Waals surface area contributed by atoms with E-state index < -0.39 is 0 Å². The van der Waals surface area contributed by atoms with Crippen LogP contribution in [0, 0.1) is 11.8 Å². The molecular formula is C9H15NO. The maximum atomic E-state index is 11.2. The van der Waals surface area contributed by atoms with Crippen molar-refractivity contribution in [3.63, 3.8) is 0 Å². The largest absolute Gasteiger partial charge is 0.300 e. The molecule has 2 heterocycles. The first-order valence-corrected chi connectivity index (χ1v) is 4.46. The third kappa shape index (κ3) is 1.00. The van der Waals surface area contributed by atoms with Gasteiger partial charge in [0.2, 0.25) is 0 Å². The van der Waals surface area contributed by atoms with Gasteiger partial charge in [-0.3, -0.25) is 9.69 Å². The molecule has 0 unspecified atom stereocenters. The Balaban J connectivity index is 1.99. The van der Waals surface area contributed by atoms with Gasteiger partial charge in [0.25, 0.3) is 0 Å². The molecule has 0 aromatic heterocycles. The summed E-state index contributed by atoms with van der Waals surface area (Å²) in [6.45, 7) is 6.45. The Labute approximate surface area is 67.6 Å². The zero-order chi connectivity index (χ0) is 8.01. The van der Waals surface area contributed by atoms with Crippen LogP contribution in [-0.2, 0) is 4.79 Å². The highest BCUT2D eigenvalue weighted by molar-refractivity contribution is 5.90. The van der Waals surface area contributed by atoms with Gasteiger partial charge in [0.15, 0.2) is 0 Å². The van der Waals surface area contributed by atoms with E-state index in [0.29, 0.717) is 23.7 Å². The van der Waals surface area contributed by atoms with E-state index in [1.54, 1.807) is 0 Å². The lowest BCUT2D eigenvalue weighted by Gasteiger charge is -2.47. The van der Waals surface area contributed by atoms with Gasteiger partial charge in [-0.2, -0.15) is 0 Å². The zero-order valence-corrected chi connectivity index (χ0v) is 7.21. The molecule has 1 aliphatic carbocycles. The molecule has 3 fully saturated rings. The lowest BCUT2D eigenvalue weighted by Crippen LogP contribution is -2.57. The summed E-state index contributed by atoms with van der Waals surface area (Å²) < 4.78 is 0. The Kier molecular flexibility index (Phi) is 1.53. The highest BCUT2D eigenvalue weighted by Gasteiger charge is 2.45. The van der Waals surface area contributed by atoms with Gasteiger partial charge in [0.1, 0.15) is 5.78 Å². The van der Waals surface area contributed by atoms with E-state index in [9.17, 15) is 4.79 Å². The topological polar surface area (TPSA) is 20.3 Å². The van der Waals surface area contributed by atoms with Gasteiger partial charge < -0.3 is 0 Å². The molecule has 3 rings (SSSR count). The number of hydrogen-bond acceptors (Lipinski definition) is 2. The van der Waals surface area contributed by atoms with Gasteiger partial charge in [0.05, 0.1) is 0 Å². The average Bonchev–Trinajstić information content (AvgIpc) is 2.03. The van der Waals surface area contributed by atoms with E-state index in [4.69, 9.17) is 0 Å². The van der Waals surface area contributed by atoms with E-state index in [1.165, 1.54) is 6.42 Å². The Morgan fingerprint density at radius 2 is 1.91 bits per heavy atom. The van der Waals surface area contributed by atoms with Gasteiger partial charge in [-0.25, -0.2) is 0 Å². The average molecular weight is 153 g/mol. The van der Waals surface area contributed by atoms with Crippen LogP contribution in [0.3, 0.4) is 0 Å². The van der Waals surface area contributed by atoms with Crippen LogP contribution in [0.25, 0.3) is 0 Å². The van der Waals surface area contributed by atoms with Crippen LogP contribution in [0.15, 0.2) is 0 Å². The van der Waals surface area contributed by atoms with Gasteiger partial charge >= 0.3 is 0 Å². The van der Waals surface area contributed by atoms with E-state index in [1.807, 2.05) is 0 Å². The molecule has 3 aliphatic rings. The predicted octanol–water partition coefficient (Wildman–Crippen LogP) is 0.916. The van der Waals surface area contributed by atoms with Gasteiger partial charge in [0, 0.05) is 31.0 Å². The predicted molar refractivity (Wildman–Crippen MR) is 43.3 cm³/mol. The first-order chi connectivity index (χ1) is 5.18. The molecule has 0 radical (unpaired) electrons. The molecule has 1 saturated carbocycles. The number of fused-ring (bicyclic) bond motifs is 2. The molecule has 2 saturated heterocycles. The minimum absolute atomic E-state index is 0.399. The van der Waals surface area contributed by atoms with Crippen LogP contribution in [0.1, 0.15) is 20.3 Å². The molecule has 0 aromatic carbocycles. The number of hydrogen-bond donors (Lipinski definition) is 0. The van der Waals surface area contributed by atoms with Gasteiger partial charge in [-0.05, 0) is 20.3 Å². The summed E-state index contributed by atoms with van der Waals surface area (Å²) in [5.41, 5.74) is 0. The molecule has 0 aromatic rings. The maximum Gasteiger partial charge on any atom is 0.141 e. The number of ketones is 1. The summed E-state index contributed by atoms with van der Waals surface area (Å²) >= 11 is 0. The Hall–Kier alpha value is -0.370. The molecule has 11 heavy (non-hydrogen) atoms. The fourth-order valence-electron chi connectivity index (χ4n) is 2.14.